The van der Waals surface area contributed by atoms with Crippen molar-refractivity contribution in [2.75, 3.05) is 6.54 Å². The van der Waals surface area contributed by atoms with Crippen LogP contribution in [0.15, 0.2) is 30.5 Å². The maximum absolute atomic E-state index is 8.66. The molecule has 2 aromatic rings. The van der Waals surface area contributed by atoms with Crippen LogP contribution in [0.5, 0.6) is 0 Å². The van der Waals surface area contributed by atoms with E-state index in [1.54, 1.807) is 6.20 Å². The molecule has 0 aliphatic heterocycles. The minimum Gasteiger partial charge on any atom is -0.327 e. The number of aromatic nitrogens is 2. The summed E-state index contributed by atoms with van der Waals surface area (Å²) in [6.07, 6.45) is 5.20. The summed E-state index contributed by atoms with van der Waals surface area (Å²) >= 11 is 0. The summed E-state index contributed by atoms with van der Waals surface area (Å²) in [5.74, 6) is 1.75. The van der Waals surface area contributed by atoms with Gasteiger partial charge in [0.2, 0.25) is 0 Å². The zero-order valence-corrected chi connectivity index (χ0v) is 17.7. The van der Waals surface area contributed by atoms with Gasteiger partial charge in [-0.05, 0) is 57.7 Å². The smallest absolute Gasteiger partial charge is 0.110 e. The van der Waals surface area contributed by atoms with Crippen LogP contribution in [0.25, 0.3) is 11.0 Å². The highest BCUT2D eigenvalue weighted by Crippen LogP contribution is 2.21. The molecule has 0 saturated carbocycles. The number of nitrogens with zero attached hydrogens (tertiary/aromatic N) is 3. The Labute approximate surface area is 164 Å². The molecular weight excluding hydrogens is 336 g/mol. The van der Waals surface area contributed by atoms with E-state index in [-0.39, 0.29) is 0 Å². The molecule has 1 aromatic carbocycles. The molecular formula is C22H36N4O. The fourth-order valence-electron chi connectivity index (χ4n) is 3.70. The summed E-state index contributed by atoms with van der Waals surface area (Å²) in [5, 5.41) is 8.66. The fourth-order valence-corrected chi connectivity index (χ4v) is 3.70. The Morgan fingerprint density at radius 2 is 1.85 bits per heavy atom. The van der Waals surface area contributed by atoms with Crippen LogP contribution in [-0.2, 0) is 19.4 Å². The minimum atomic E-state index is 0.534. The number of allylic oxidation sites excluding steroid dienone is 1. The summed E-state index contributed by atoms with van der Waals surface area (Å²) in [7, 11) is 0. The van der Waals surface area contributed by atoms with Gasteiger partial charge < -0.3 is 4.57 Å². The Balaban J connectivity index is 2.32. The third-order valence-electron chi connectivity index (χ3n) is 4.94. The Bertz CT molecular complexity index is 738. The third-order valence-corrected chi connectivity index (χ3v) is 4.94. The van der Waals surface area contributed by atoms with E-state index in [9.17, 15) is 0 Å². The summed E-state index contributed by atoms with van der Waals surface area (Å²) in [5.41, 5.74) is 5.52. The quantitative estimate of drug-likeness (QED) is 0.607. The maximum Gasteiger partial charge on any atom is 0.110 e. The van der Waals surface area contributed by atoms with Gasteiger partial charge in [-0.25, -0.2) is 4.98 Å². The van der Waals surface area contributed by atoms with Crippen LogP contribution in [0, 0.1) is 5.92 Å². The highest BCUT2D eigenvalue weighted by molar-refractivity contribution is 5.77. The molecule has 0 aliphatic rings. The first-order valence-electron chi connectivity index (χ1n) is 10.1. The fraction of sp³-hybridized carbons (Fsp3) is 0.591. The monoisotopic (exact) mass is 372 g/mol. The van der Waals surface area contributed by atoms with Crippen molar-refractivity contribution in [3.05, 3.63) is 41.9 Å². The molecule has 0 aliphatic carbocycles. The Hall–Kier alpha value is -1.85. The van der Waals surface area contributed by atoms with E-state index in [1.807, 2.05) is 6.08 Å². The molecule has 5 heteroatoms. The van der Waals surface area contributed by atoms with Crippen molar-refractivity contribution < 1.29 is 5.21 Å². The van der Waals surface area contributed by atoms with Gasteiger partial charge in [-0.15, -0.1) is 0 Å². The topological polar surface area (TPSA) is 53.3 Å². The average Bonchev–Trinajstić information content (AvgIpc) is 2.90. The van der Waals surface area contributed by atoms with Crippen molar-refractivity contribution in [1.82, 2.24) is 19.9 Å². The maximum atomic E-state index is 8.66. The lowest BCUT2D eigenvalue weighted by atomic mass is 10.1. The van der Waals surface area contributed by atoms with Crippen molar-refractivity contribution in [3.63, 3.8) is 0 Å². The predicted octanol–water partition coefficient (Wildman–Crippen LogP) is 4.39. The molecule has 0 saturated heterocycles. The van der Waals surface area contributed by atoms with E-state index in [0.717, 1.165) is 31.4 Å². The normalized spacial score (nSPS) is 12.6. The lowest BCUT2D eigenvalue weighted by molar-refractivity contribution is 0.168. The lowest BCUT2D eigenvalue weighted by Gasteiger charge is -2.31. The van der Waals surface area contributed by atoms with Crippen molar-refractivity contribution >= 4 is 11.0 Å². The number of fused-ring (bicyclic) bond motifs is 1. The highest BCUT2D eigenvalue weighted by atomic mass is 16.5. The highest BCUT2D eigenvalue weighted by Gasteiger charge is 2.17. The first kappa shape index (κ1) is 21.5. The molecule has 0 bridgehead atoms. The molecule has 0 radical (unpaired) electrons. The molecule has 150 valence electrons. The summed E-state index contributed by atoms with van der Waals surface area (Å²) in [6, 6.07) is 7.58. The Morgan fingerprint density at radius 3 is 2.44 bits per heavy atom. The molecule has 1 heterocycles. The second-order valence-electron chi connectivity index (χ2n) is 8.26. The van der Waals surface area contributed by atoms with Crippen LogP contribution in [0.1, 0.15) is 52.9 Å². The van der Waals surface area contributed by atoms with Crippen molar-refractivity contribution in [1.29, 1.82) is 0 Å². The third kappa shape index (κ3) is 5.81. The summed E-state index contributed by atoms with van der Waals surface area (Å²) < 4.78 is 2.40. The SMILES string of the molecule is CC(C)Cc1nc2cc(C/C=C/NO)ccc2n1CCN(C(C)C)C(C)C. The van der Waals surface area contributed by atoms with Crippen LogP contribution in [0.3, 0.4) is 0 Å². The van der Waals surface area contributed by atoms with Gasteiger partial charge in [0.1, 0.15) is 5.82 Å². The van der Waals surface area contributed by atoms with E-state index in [0.29, 0.717) is 18.0 Å². The molecule has 0 amide bonds. The molecule has 27 heavy (non-hydrogen) atoms. The molecule has 1 aromatic heterocycles. The molecule has 5 nitrogen and oxygen atoms in total. The van der Waals surface area contributed by atoms with E-state index in [2.05, 4.69) is 74.7 Å². The second-order valence-corrected chi connectivity index (χ2v) is 8.26. The van der Waals surface area contributed by atoms with Crippen molar-refractivity contribution in [2.45, 2.75) is 73.0 Å². The van der Waals surface area contributed by atoms with Crippen LogP contribution < -0.4 is 5.48 Å². The number of rotatable bonds is 10. The van der Waals surface area contributed by atoms with Gasteiger partial charge in [0.15, 0.2) is 0 Å². The van der Waals surface area contributed by atoms with E-state index in [1.165, 1.54) is 16.9 Å². The standard InChI is InChI=1S/C22H36N4O/c1-16(2)14-22-24-20-15-19(8-7-11-23-27)9-10-21(20)26(22)13-12-25(17(3)4)18(5)6/h7,9-11,15-18,23,27H,8,12-14H2,1-6H3/b11-7+. The molecule has 2 N–H and O–H groups in total. The van der Waals surface area contributed by atoms with Gasteiger partial charge in [-0.2, -0.15) is 0 Å². The average molecular weight is 373 g/mol. The number of hydrogen-bond acceptors (Lipinski definition) is 4. The van der Waals surface area contributed by atoms with Crippen molar-refractivity contribution in [3.8, 4) is 0 Å². The Morgan fingerprint density at radius 1 is 1.15 bits per heavy atom. The molecule has 0 fully saturated rings. The lowest BCUT2D eigenvalue weighted by Crippen LogP contribution is -2.39. The van der Waals surface area contributed by atoms with Gasteiger partial charge in [0.25, 0.3) is 0 Å². The minimum absolute atomic E-state index is 0.534. The molecule has 0 atom stereocenters. The van der Waals surface area contributed by atoms with Gasteiger partial charge in [-0.1, -0.05) is 26.0 Å². The number of benzene rings is 1. The summed E-state index contributed by atoms with van der Waals surface area (Å²) in [4.78, 5) is 7.50. The molecule has 0 spiro atoms. The van der Waals surface area contributed by atoms with Crippen LogP contribution in [-0.4, -0.2) is 38.3 Å². The van der Waals surface area contributed by atoms with E-state index in [4.69, 9.17) is 10.2 Å². The number of hydroxylamine groups is 1. The predicted molar refractivity (Wildman–Crippen MR) is 113 cm³/mol. The largest absolute Gasteiger partial charge is 0.327 e. The van der Waals surface area contributed by atoms with Gasteiger partial charge in [0.05, 0.1) is 11.0 Å². The van der Waals surface area contributed by atoms with Crippen molar-refractivity contribution in [2.24, 2.45) is 5.92 Å². The van der Waals surface area contributed by atoms with E-state index < -0.39 is 0 Å². The van der Waals surface area contributed by atoms with Crippen LogP contribution >= 0.6 is 0 Å². The first-order valence-corrected chi connectivity index (χ1v) is 10.1. The zero-order valence-electron chi connectivity index (χ0n) is 17.7. The molecule has 2 rings (SSSR count). The number of imidazole rings is 1. The van der Waals surface area contributed by atoms with Crippen LogP contribution in [0.4, 0.5) is 0 Å². The second kappa shape index (κ2) is 9.90. The zero-order chi connectivity index (χ0) is 20.0. The number of nitrogens with one attached hydrogen (secondary N) is 1. The Kier molecular flexibility index (Phi) is 7.87. The molecule has 0 unspecified atom stereocenters. The van der Waals surface area contributed by atoms with E-state index >= 15 is 0 Å². The van der Waals surface area contributed by atoms with Gasteiger partial charge in [-0.3, -0.25) is 15.6 Å². The summed E-state index contributed by atoms with van der Waals surface area (Å²) in [6.45, 7) is 15.5. The number of hydrogen-bond donors (Lipinski definition) is 2. The van der Waals surface area contributed by atoms with Gasteiger partial charge in [0, 0.05) is 37.8 Å². The van der Waals surface area contributed by atoms with Crippen LogP contribution in [0.2, 0.25) is 0 Å². The van der Waals surface area contributed by atoms with Gasteiger partial charge >= 0.3 is 0 Å². The first-order chi connectivity index (χ1) is 12.8.